The van der Waals surface area contributed by atoms with Crippen molar-refractivity contribution in [2.75, 3.05) is 6.26 Å². The largest absolute Gasteiger partial charge is 0.224 e. The van der Waals surface area contributed by atoms with Gasteiger partial charge in [-0.2, -0.15) is 0 Å². The number of hydrogen-bond donors (Lipinski definition) is 0. The van der Waals surface area contributed by atoms with Gasteiger partial charge < -0.3 is 0 Å². The second kappa shape index (κ2) is 3.84. The van der Waals surface area contributed by atoms with E-state index < -0.39 is 9.84 Å². The molecule has 0 spiro atoms. The van der Waals surface area contributed by atoms with E-state index in [-0.39, 0.29) is 6.32 Å². The molecule has 2 radical (unpaired) electrons. The summed E-state index contributed by atoms with van der Waals surface area (Å²) < 4.78 is 23.3. The molecule has 1 aromatic carbocycles. The normalized spacial score (nSPS) is 11.5. The fourth-order valence-electron chi connectivity index (χ4n) is 1.04. The number of sulfone groups is 1. The molecule has 0 amide bonds. The van der Waals surface area contributed by atoms with Crippen molar-refractivity contribution >= 4 is 33.6 Å². The van der Waals surface area contributed by atoms with Gasteiger partial charge in [-0.25, -0.2) is 8.42 Å². The first kappa shape index (κ1) is 10.8. The lowest BCUT2D eigenvalue weighted by Gasteiger charge is -2.05. The first-order chi connectivity index (χ1) is 5.95. The minimum absolute atomic E-state index is 0.232. The Morgan fingerprint density at radius 1 is 1.46 bits per heavy atom. The van der Waals surface area contributed by atoms with Crippen molar-refractivity contribution in [1.82, 2.24) is 0 Å². The average Bonchev–Trinajstić information content (AvgIpc) is 2.03. The highest BCUT2D eigenvalue weighted by Crippen LogP contribution is 2.20. The molecule has 0 saturated carbocycles. The molecule has 1 rings (SSSR count). The number of rotatable bonds is 2. The van der Waals surface area contributed by atoms with Crippen LogP contribution in [0.25, 0.3) is 0 Å². The quantitative estimate of drug-likeness (QED) is 0.754. The van der Waals surface area contributed by atoms with E-state index >= 15 is 0 Å². The summed E-state index contributed by atoms with van der Waals surface area (Å²) in [6.07, 6.45) is 1.41. The van der Waals surface area contributed by atoms with E-state index in [1.165, 1.54) is 6.26 Å². The van der Waals surface area contributed by atoms with Crippen LogP contribution in [0.3, 0.4) is 0 Å². The van der Waals surface area contributed by atoms with Crippen molar-refractivity contribution in [3.63, 3.8) is 0 Å². The third-order valence-corrected chi connectivity index (χ3v) is 3.32. The molecule has 0 aromatic heterocycles. The number of hydrogen-bond acceptors (Lipinski definition) is 2. The van der Waals surface area contributed by atoms with Gasteiger partial charge >= 0.3 is 0 Å². The fraction of sp³-hybridized carbons (Fsp3) is 0.250. The van der Waals surface area contributed by atoms with Crippen LogP contribution in [0.5, 0.6) is 0 Å². The Morgan fingerprint density at radius 2 is 2.08 bits per heavy atom. The number of halogens is 1. The van der Waals surface area contributed by atoms with E-state index in [9.17, 15) is 8.42 Å². The van der Waals surface area contributed by atoms with Crippen molar-refractivity contribution in [3.05, 3.63) is 28.2 Å². The van der Waals surface area contributed by atoms with E-state index in [4.69, 9.17) is 7.85 Å². The lowest BCUT2D eigenvalue weighted by atomic mass is 9.97. The zero-order chi connectivity index (χ0) is 10.1. The number of benzene rings is 1. The van der Waals surface area contributed by atoms with E-state index in [1.54, 1.807) is 18.2 Å². The highest BCUT2D eigenvalue weighted by Gasteiger charge is 2.11. The Hall–Kier alpha value is -0.285. The predicted octanol–water partition coefficient (Wildman–Crippen LogP) is 1.52. The molecule has 1 aromatic rings. The molecule has 13 heavy (non-hydrogen) atoms. The molecule has 0 heterocycles. The SMILES string of the molecule is [B]Cc1ccc(Br)cc1S(C)(=O)=O. The van der Waals surface area contributed by atoms with Crippen LogP contribution >= 0.6 is 15.9 Å². The van der Waals surface area contributed by atoms with Gasteiger partial charge in [0.15, 0.2) is 9.84 Å². The van der Waals surface area contributed by atoms with Gasteiger partial charge in [-0.3, -0.25) is 0 Å². The molecule has 0 N–H and O–H groups in total. The summed E-state index contributed by atoms with van der Waals surface area (Å²) in [5.74, 6) is 0. The average molecular weight is 259 g/mol. The van der Waals surface area contributed by atoms with Crippen LogP contribution in [0.4, 0.5) is 0 Å². The molecule has 0 aliphatic carbocycles. The summed E-state index contributed by atoms with van der Waals surface area (Å²) in [4.78, 5) is 0.296. The van der Waals surface area contributed by atoms with Crippen LogP contribution in [-0.4, -0.2) is 22.5 Å². The van der Waals surface area contributed by atoms with Crippen molar-refractivity contribution in [2.24, 2.45) is 0 Å². The molecule has 0 atom stereocenters. The molecule has 0 aliphatic heterocycles. The highest BCUT2D eigenvalue weighted by atomic mass is 79.9. The minimum Gasteiger partial charge on any atom is -0.224 e. The lowest BCUT2D eigenvalue weighted by molar-refractivity contribution is 0.601. The smallest absolute Gasteiger partial charge is 0.175 e. The van der Waals surface area contributed by atoms with Crippen molar-refractivity contribution in [1.29, 1.82) is 0 Å². The summed E-state index contributed by atoms with van der Waals surface area (Å²) in [7, 11) is 2.24. The van der Waals surface area contributed by atoms with E-state index in [0.29, 0.717) is 10.5 Å². The third-order valence-electron chi connectivity index (χ3n) is 1.65. The van der Waals surface area contributed by atoms with Crippen LogP contribution < -0.4 is 0 Å². The second-order valence-electron chi connectivity index (χ2n) is 2.73. The molecule has 0 aliphatic rings. The van der Waals surface area contributed by atoms with Gasteiger partial charge in [0.2, 0.25) is 0 Å². The Morgan fingerprint density at radius 3 is 2.54 bits per heavy atom. The molecular weight excluding hydrogens is 251 g/mol. The van der Waals surface area contributed by atoms with Gasteiger partial charge in [0.1, 0.15) is 0 Å². The lowest BCUT2D eigenvalue weighted by Crippen LogP contribution is -2.02. The first-order valence-electron chi connectivity index (χ1n) is 3.63. The molecule has 0 unspecified atom stereocenters. The summed E-state index contributed by atoms with van der Waals surface area (Å²) >= 11 is 3.21. The Balaban J connectivity index is 3.41. The fourth-order valence-corrected chi connectivity index (χ4v) is 2.52. The van der Waals surface area contributed by atoms with Crippen molar-refractivity contribution in [2.45, 2.75) is 11.2 Å². The van der Waals surface area contributed by atoms with Crippen LogP contribution in [0.2, 0.25) is 0 Å². The summed E-state index contributed by atoms with van der Waals surface area (Å²) in [6.45, 7) is 0. The van der Waals surface area contributed by atoms with E-state index in [0.717, 1.165) is 4.47 Å². The Bertz CT molecular complexity index is 414. The van der Waals surface area contributed by atoms with Crippen LogP contribution in [-0.2, 0) is 16.2 Å². The standard InChI is InChI=1S/C8H8BBrO2S/c1-13(11,12)8-4-7(10)3-2-6(8)5-9/h2-4H,5H2,1H3. The molecule has 2 nitrogen and oxygen atoms in total. The molecule has 5 heteroatoms. The highest BCUT2D eigenvalue weighted by molar-refractivity contribution is 9.10. The summed E-state index contributed by atoms with van der Waals surface area (Å²) in [6, 6.07) is 5.05. The maximum Gasteiger partial charge on any atom is 0.175 e. The molecule has 0 bridgehead atoms. The summed E-state index contributed by atoms with van der Waals surface area (Å²) in [5, 5.41) is 0. The van der Waals surface area contributed by atoms with E-state index in [1.807, 2.05) is 0 Å². The first-order valence-corrected chi connectivity index (χ1v) is 6.32. The van der Waals surface area contributed by atoms with Crippen LogP contribution in [0.1, 0.15) is 5.56 Å². The van der Waals surface area contributed by atoms with Crippen LogP contribution in [0, 0.1) is 0 Å². The molecule has 0 saturated heterocycles. The predicted molar refractivity (Wildman–Crippen MR) is 56.7 cm³/mol. The zero-order valence-electron chi connectivity index (χ0n) is 7.12. The van der Waals surface area contributed by atoms with Crippen molar-refractivity contribution in [3.8, 4) is 0 Å². The van der Waals surface area contributed by atoms with Gasteiger partial charge in [0, 0.05) is 10.7 Å². The Kier molecular flexibility index (Phi) is 3.19. The van der Waals surface area contributed by atoms with Gasteiger partial charge in [0.05, 0.1) is 12.7 Å². The zero-order valence-corrected chi connectivity index (χ0v) is 9.52. The van der Waals surface area contributed by atoms with Crippen molar-refractivity contribution < 1.29 is 8.42 Å². The van der Waals surface area contributed by atoms with Gasteiger partial charge in [-0.05, 0) is 17.7 Å². The summed E-state index contributed by atoms with van der Waals surface area (Å²) in [5.41, 5.74) is 0.644. The maximum absolute atomic E-state index is 11.3. The van der Waals surface area contributed by atoms with E-state index in [2.05, 4.69) is 15.9 Å². The van der Waals surface area contributed by atoms with Gasteiger partial charge in [-0.1, -0.05) is 28.3 Å². The molecule has 0 fully saturated rings. The topological polar surface area (TPSA) is 34.1 Å². The second-order valence-corrected chi connectivity index (χ2v) is 5.63. The van der Waals surface area contributed by atoms with Crippen LogP contribution in [0.15, 0.2) is 27.6 Å². The molecule has 68 valence electrons. The van der Waals surface area contributed by atoms with Gasteiger partial charge in [0.25, 0.3) is 0 Å². The third kappa shape index (κ3) is 2.58. The maximum atomic E-state index is 11.3. The Labute approximate surface area is 87.8 Å². The molecular formula is C8H8BBrO2S. The monoisotopic (exact) mass is 258 g/mol. The minimum atomic E-state index is -3.18. The van der Waals surface area contributed by atoms with Gasteiger partial charge in [-0.15, -0.1) is 0 Å².